The molecule has 2 unspecified atom stereocenters. The molecule has 1 aromatic heterocycles. The second-order valence-electron chi connectivity index (χ2n) is 7.07. The highest BCUT2D eigenvalue weighted by atomic mass is 32.2. The van der Waals surface area contributed by atoms with E-state index in [4.69, 9.17) is 4.52 Å². The van der Waals surface area contributed by atoms with Crippen LogP contribution in [0.3, 0.4) is 0 Å². The lowest BCUT2D eigenvalue weighted by Gasteiger charge is -2.33. The van der Waals surface area contributed by atoms with Crippen LogP contribution in [0, 0.1) is 5.82 Å². The maximum atomic E-state index is 13.1. The summed E-state index contributed by atoms with van der Waals surface area (Å²) in [5.74, 6) is 3.07. The minimum Gasteiger partial charge on any atom is -0.342 e. The number of halogens is 1. The summed E-state index contributed by atoms with van der Waals surface area (Å²) < 4.78 is 18.5. The fraction of sp³-hybridized carbons (Fsp3) is 0.526. The molecular weight excluding hydrogens is 367 g/mol. The molecule has 6 nitrogen and oxygen atoms in total. The van der Waals surface area contributed by atoms with Crippen LogP contribution in [0.25, 0.3) is 11.4 Å². The van der Waals surface area contributed by atoms with Gasteiger partial charge in [-0.2, -0.15) is 16.7 Å². The number of amides is 1. The van der Waals surface area contributed by atoms with Crippen LogP contribution < -0.4 is 5.32 Å². The van der Waals surface area contributed by atoms with E-state index in [0.717, 1.165) is 43.0 Å². The first-order valence-electron chi connectivity index (χ1n) is 9.37. The Morgan fingerprint density at radius 2 is 2.22 bits per heavy atom. The lowest BCUT2D eigenvalue weighted by Crippen LogP contribution is -2.45. The lowest BCUT2D eigenvalue weighted by atomic mass is 9.97. The Hall–Kier alpha value is -1.93. The van der Waals surface area contributed by atoms with Crippen LogP contribution in [0.15, 0.2) is 28.8 Å². The van der Waals surface area contributed by atoms with Crippen LogP contribution >= 0.6 is 11.8 Å². The van der Waals surface area contributed by atoms with Gasteiger partial charge in [0.05, 0.1) is 5.92 Å². The van der Waals surface area contributed by atoms with Crippen molar-refractivity contribution in [1.82, 2.24) is 20.4 Å². The summed E-state index contributed by atoms with van der Waals surface area (Å²) in [6.45, 7) is 2.37. The Bertz CT molecular complexity index is 776. The molecule has 1 amide bonds. The van der Waals surface area contributed by atoms with Crippen LogP contribution in [0.4, 0.5) is 4.39 Å². The van der Waals surface area contributed by atoms with Crippen LogP contribution in [-0.4, -0.2) is 58.1 Å². The van der Waals surface area contributed by atoms with E-state index < -0.39 is 0 Å². The molecule has 2 fully saturated rings. The smallest absolute Gasteiger partial charge is 0.231 e. The van der Waals surface area contributed by atoms with E-state index in [-0.39, 0.29) is 23.7 Å². The number of rotatable bonds is 4. The number of benzene rings is 1. The summed E-state index contributed by atoms with van der Waals surface area (Å²) in [6.07, 6.45) is 2.40. The highest BCUT2D eigenvalue weighted by molar-refractivity contribution is 7.99. The maximum Gasteiger partial charge on any atom is 0.231 e. The third kappa shape index (κ3) is 4.50. The van der Waals surface area contributed by atoms with Crippen molar-refractivity contribution in [3.05, 3.63) is 36.0 Å². The molecule has 1 N–H and O–H groups in total. The van der Waals surface area contributed by atoms with Gasteiger partial charge in [0.2, 0.25) is 17.6 Å². The van der Waals surface area contributed by atoms with Gasteiger partial charge in [0.1, 0.15) is 5.82 Å². The summed E-state index contributed by atoms with van der Waals surface area (Å²) in [5.41, 5.74) is 0.719. The molecule has 0 saturated carbocycles. The fourth-order valence-electron chi connectivity index (χ4n) is 3.61. The zero-order valence-electron chi connectivity index (χ0n) is 15.1. The number of thioether (sulfide) groups is 1. The minimum absolute atomic E-state index is 0.0538. The number of hydrogen-bond acceptors (Lipinski definition) is 6. The molecule has 3 heterocycles. The minimum atomic E-state index is -0.297. The fourth-order valence-corrected chi connectivity index (χ4v) is 4.56. The highest BCUT2D eigenvalue weighted by Gasteiger charge is 2.30. The molecule has 2 saturated heterocycles. The molecule has 8 heteroatoms. The van der Waals surface area contributed by atoms with Crippen molar-refractivity contribution in [3.8, 4) is 11.4 Å². The third-order valence-electron chi connectivity index (χ3n) is 5.09. The van der Waals surface area contributed by atoms with E-state index in [2.05, 4.69) is 15.5 Å². The number of piperidine rings is 1. The van der Waals surface area contributed by atoms with Gasteiger partial charge in [-0.1, -0.05) is 5.16 Å². The molecule has 1 aromatic carbocycles. The van der Waals surface area contributed by atoms with Gasteiger partial charge < -0.3 is 14.7 Å². The number of likely N-dealkylation sites (tertiary alicyclic amines) is 1. The molecule has 2 aromatic rings. The average Bonchev–Trinajstić information content (AvgIpc) is 3.20. The van der Waals surface area contributed by atoms with Gasteiger partial charge in [-0.15, -0.1) is 0 Å². The van der Waals surface area contributed by atoms with Crippen LogP contribution in [0.2, 0.25) is 0 Å². The molecule has 2 aliphatic rings. The number of hydrogen-bond donors (Lipinski definition) is 1. The van der Waals surface area contributed by atoms with Crippen molar-refractivity contribution >= 4 is 17.7 Å². The topological polar surface area (TPSA) is 71.3 Å². The predicted molar refractivity (Wildman–Crippen MR) is 102 cm³/mol. The summed E-state index contributed by atoms with van der Waals surface area (Å²) in [6, 6.07) is 6.30. The number of nitrogens with one attached hydrogen (secondary N) is 1. The average molecular weight is 390 g/mol. The number of carbonyl (C=O) groups is 1. The molecule has 0 radical (unpaired) electrons. The van der Waals surface area contributed by atoms with E-state index in [1.807, 2.05) is 16.7 Å². The zero-order valence-corrected chi connectivity index (χ0v) is 15.9. The predicted octanol–water partition coefficient (Wildman–Crippen LogP) is 2.68. The Labute approximate surface area is 161 Å². The molecular formula is C19H23FN4O2S. The van der Waals surface area contributed by atoms with Gasteiger partial charge >= 0.3 is 0 Å². The third-order valence-corrected chi connectivity index (χ3v) is 6.22. The molecule has 0 spiro atoms. The van der Waals surface area contributed by atoms with E-state index >= 15 is 0 Å². The van der Waals surface area contributed by atoms with Crippen LogP contribution in [0.5, 0.6) is 0 Å². The lowest BCUT2D eigenvalue weighted by molar-refractivity contribution is -0.132. The Morgan fingerprint density at radius 1 is 1.37 bits per heavy atom. The number of nitrogens with zero attached hydrogens (tertiary/aromatic N) is 3. The Morgan fingerprint density at radius 3 is 3.00 bits per heavy atom. The Kier molecular flexibility index (Phi) is 5.73. The second kappa shape index (κ2) is 8.39. The van der Waals surface area contributed by atoms with Gasteiger partial charge in [0, 0.05) is 49.2 Å². The zero-order chi connectivity index (χ0) is 18.6. The number of carbonyl (C=O) groups excluding carboxylic acids is 1. The summed E-state index contributed by atoms with van der Waals surface area (Å²) in [7, 11) is 0. The molecule has 2 atom stereocenters. The first-order chi connectivity index (χ1) is 13.2. The van der Waals surface area contributed by atoms with Crippen molar-refractivity contribution < 1.29 is 13.7 Å². The van der Waals surface area contributed by atoms with Gasteiger partial charge in [0.25, 0.3) is 0 Å². The van der Waals surface area contributed by atoms with E-state index in [1.54, 1.807) is 12.1 Å². The molecule has 0 aliphatic carbocycles. The molecule has 2 aliphatic heterocycles. The molecule has 27 heavy (non-hydrogen) atoms. The first kappa shape index (κ1) is 18.4. The van der Waals surface area contributed by atoms with Crippen molar-refractivity contribution in [3.63, 3.8) is 0 Å². The van der Waals surface area contributed by atoms with Crippen molar-refractivity contribution in [1.29, 1.82) is 0 Å². The quantitative estimate of drug-likeness (QED) is 0.866. The van der Waals surface area contributed by atoms with E-state index in [0.29, 0.717) is 24.7 Å². The van der Waals surface area contributed by atoms with Crippen LogP contribution in [-0.2, 0) is 4.79 Å². The van der Waals surface area contributed by atoms with Crippen molar-refractivity contribution in [2.24, 2.45) is 0 Å². The maximum absolute atomic E-state index is 13.1. The molecule has 4 rings (SSSR count). The van der Waals surface area contributed by atoms with Gasteiger partial charge in [0.15, 0.2) is 0 Å². The second-order valence-corrected chi connectivity index (χ2v) is 8.22. The molecule has 144 valence electrons. The largest absolute Gasteiger partial charge is 0.342 e. The van der Waals surface area contributed by atoms with E-state index in [1.165, 1.54) is 12.1 Å². The highest BCUT2D eigenvalue weighted by Crippen LogP contribution is 2.28. The number of aromatic nitrogens is 2. The monoisotopic (exact) mass is 390 g/mol. The van der Waals surface area contributed by atoms with Gasteiger partial charge in [-0.25, -0.2) is 4.39 Å². The van der Waals surface area contributed by atoms with Crippen LogP contribution in [0.1, 0.15) is 31.1 Å². The SMILES string of the molecule is O=C(CC1CSCCN1)N1CCCC(c2nc(-c3ccc(F)cc3)no2)C1. The summed E-state index contributed by atoms with van der Waals surface area (Å²) in [4.78, 5) is 19.1. The standard InChI is InChI=1S/C19H23FN4O2S/c20-15-5-3-13(4-6-15)18-22-19(26-23-18)14-2-1-8-24(11-14)17(25)10-16-12-27-9-7-21-16/h3-6,14,16,21H,1-2,7-12H2. The van der Waals surface area contributed by atoms with Crippen molar-refractivity contribution in [2.75, 3.05) is 31.1 Å². The Balaban J connectivity index is 1.39. The summed E-state index contributed by atoms with van der Waals surface area (Å²) >= 11 is 1.90. The van der Waals surface area contributed by atoms with E-state index in [9.17, 15) is 9.18 Å². The van der Waals surface area contributed by atoms with Gasteiger partial charge in [-0.3, -0.25) is 4.79 Å². The first-order valence-corrected chi connectivity index (χ1v) is 10.5. The normalized spacial score (nSPS) is 23.4. The molecule has 0 bridgehead atoms. The summed E-state index contributed by atoms with van der Waals surface area (Å²) in [5, 5.41) is 7.45. The van der Waals surface area contributed by atoms with Crippen molar-refractivity contribution in [2.45, 2.75) is 31.2 Å². The van der Waals surface area contributed by atoms with Gasteiger partial charge in [-0.05, 0) is 37.1 Å².